The van der Waals surface area contributed by atoms with E-state index in [-0.39, 0.29) is 11.9 Å². The minimum atomic E-state index is -0.299. The number of hydrogen-bond donors (Lipinski definition) is 2. The van der Waals surface area contributed by atoms with Crippen LogP contribution in [0.2, 0.25) is 5.02 Å². The number of aromatic nitrogens is 5. The van der Waals surface area contributed by atoms with Crippen molar-refractivity contribution in [2.45, 2.75) is 13.0 Å². The van der Waals surface area contributed by atoms with Gasteiger partial charge in [-0.05, 0) is 43.3 Å². The summed E-state index contributed by atoms with van der Waals surface area (Å²) in [5, 5.41) is 4.94. The number of imidazole rings is 1. The van der Waals surface area contributed by atoms with Crippen LogP contribution in [0.4, 0.5) is 10.2 Å². The molecule has 0 saturated carbocycles. The Hall–Kier alpha value is -3.45. The Bertz CT molecular complexity index is 1340. The highest BCUT2D eigenvalue weighted by atomic mass is 35.5. The summed E-state index contributed by atoms with van der Waals surface area (Å²) < 4.78 is 16.0. The number of nitrogens with zero attached hydrogens (tertiary/aromatic N) is 4. The second-order valence-electron chi connectivity index (χ2n) is 6.75. The van der Waals surface area contributed by atoms with E-state index in [2.05, 4.69) is 25.3 Å². The van der Waals surface area contributed by atoms with E-state index in [0.717, 1.165) is 22.3 Å². The Kier molecular flexibility index (Phi) is 4.17. The Morgan fingerprint density at radius 2 is 1.97 bits per heavy atom. The van der Waals surface area contributed by atoms with Gasteiger partial charge in [0.15, 0.2) is 11.5 Å². The second kappa shape index (κ2) is 6.86. The molecule has 1 unspecified atom stereocenters. The molecule has 5 aromatic rings. The number of H-pyrrole nitrogens is 1. The highest BCUT2D eigenvalue weighted by Crippen LogP contribution is 2.34. The van der Waals surface area contributed by atoms with Gasteiger partial charge >= 0.3 is 0 Å². The number of anilines is 1. The maximum absolute atomic E-state index is 14.0. The van der Waals surface area contributed by atoms with E-state index in [4.69, 9.17) is 11.6 Å². The summed E-state index contributed by atoms with van der Waals surface area (Å²) in [6.07, 6.45) is 3.06. The van der Waals surface area contributed by atoms with Gasteiger partial charge in [-0.25, -0.2) is 19.3 Å². The lowest BCUT2D eigenvalue weighted by Gasteiger charge is -2.18. The van der Waals surface area contributed by atoms with E-state index in [9.17, 15) is 4.39 Å². The molecule has 0 spiro atoms. The number of halogens is 2. The molecule has 3 heterocycles. The first-order chi connectivity index (χ1) is 14.1. The van der Waals surface area contributed by atoms with E-state index in [1.165, 1.54) is 18.5 Å². The van der Waals surface area contributed by atoms with Crippen LogP contribution in [0.1, 0.15) is 18.7 Å². The lowest BCUT2D eigenvalue weighted by molar-refractivity contribution is 0.626. The minimum absolute atomic E-state index is 0.170. The molecule has 0 aliphatic heterocycles. The van der Waals surface area contributed by atoms with Crippen LogP contribution in [0.3, 0.4) is 0 Å². The highest BCUT2D eigenvalue weighted by Gasteiger charge is 2.19. The first-order valence-electron chi connectivity index (χ1n) is 9.08. The molecule has 144 valence electrons. The van der Waals surface area contributed by atoms with Gasteiger partial charge in [-0.1, -0.05) is 23.7 Å². The molecule has 0 aliphatic rings. The van der Waals surface area contributed by atoms with Gasteiger partial charge in [0.05, 0.1) is 17.9 Å². The van der Waals surface area contributed by atoms with Gasteiger partial charge < -0.3 is 14.9 Å². The number of fused-ring (bicyclic) bond motifs is 2. The van der Waals surface area contributed by atoms with E-state index in [1.807, 2.05) is 41.8 Å². The average molecular weight is 407 g/mol. The van der Waals surface area contributed by atoms with Crippen molar-refractivity contribution >= 4 is 39.5 Å². The zero-order valence-electron chi connectivity index (χ0n) is 15.4. The third kappa shape index (κ3) is 3.00. The van der Waals surface area contributed by atoms with E-state index < -0.39 is 0 Å². The molecule has 0 amide bonds. The van der Waals surface area contributed by atoms with Crippen LogP contribution in [0.5, 0.6) is 0 Å². The topological polar surface area (TPSA) is 71.4 Å². The SMILES string of the molecule is CC(Nc1ncnc2[nH]cnc12)c1cc2c(Cl)cccc2n1-c1cccc(F)c1. The normalized spacial score (nSPS) is 12.5. The molecule has 0 saturated heterocycles. The quantitative estimate of drug-likeness (QED) is 0.427. The fraction of sp³-hybridized carbons (Fsp3) is 0.0952. The van der Waals surface area contributed by atoms with Gasteiger partial charge in [-0.15, -0.1) is 0 Å². The molecular weight excluding hydrogens is 391 g/mol. The van der Waals surface area contributed by atoms with Crippen LogP contribution in [0.25, 0.3) is 27.8 Å². The van der Waals surface area contributed by atoms with Crippen molar-refractivity contribution in [3.63, 3.8) is 0 Å². The predicted molar refractivity (Wildman–Crippen MR) is 112 cm³/mol. The van der Waals surface area contributed by atoms with Crippen molar-refractivity contribution in [3.05, 3.63) is 77.7 Å². The first kappa shape index (κ1) is 17.6. The highest BCUT2D eigenvalue weighted by molar-refractivity contribution is 6.35. The summed E-state index contributed by atoms with van der Waals surface area (Å²) in [4.78, 5) is 15.8. The van der Waals surface area contributed by atoms with Crippen LogP contribution < -0.4 is 5.32 Å². The fourth-order valence-corrected chi connectivity index (χ4v) is 3.81. The first-order valence-corrected chi connectivity index (χ1v) is 9.46. The van der Waals surface area contributed by atoms with Crippen molar-refractivity contribution in [2.75, 3.05) is 5.32 Å². The van der Waals surface area contributed by atoms with Crippen molar-refractivity contribution < 1.29 is 4.39 Å². The van der Waals surface area contributed by atoms with Crippen molar-refractivity contribution in [1.29, 1.82) is 0 Å². The molecular formula is C21H16ClFN6. The molecule has 0 bridgehead atoms. The summed E-state index contributed by atoms with van der Waals surface area (Å²) >= 11 is 6.45. The maximum Gasteiger partial charge on any atom is 0.162 e. The molecule has 8 heteroatoms. The number of rotatable bonds is 4. The number of aromatic amines is 1. The molecule has 2 N–H and O–H groups in total. The standard InChI is InChI=1S/C21H16ClFN6/c1-12(28-21-19-20(25-10-24-19)26-11-27-21)18-9-15-16(22)6-3-7-17(15)29(18)14-5-2-4-13(23)8-14/h2-12H,1H3,(H2,24,25,26,27,28). The Morgan fingerprint density at radius 1 is 1.10 bits per heavy atom. The summed E-state index contributed by atoms with van der Waals surface area (Å²) in [6.45, 7) is 2.01. The summed E-state index contributed by atoms with van der Waals surface area (Å²) in [6, 6.07) is 14.1. The third-order valence-electron chi connectivity index (χ3n) is 4.90. The zero-order valence-corrected chi connectivity index (χ0v) is 16.2. The molecule has 6 nitrogen and oxygen atoms in total. The van der Waals surface area contributed by atoms with Crippen molar-refractivity contribution in [3.8, 4) is 5.69 Å². The van der Waals surface area contributed by atoms with Gasteiger partial charge in [-0.3, -0.25) is 0 Å². The molecule has 0 fully saturated rings. The molecule has 29 heavy (non-hydrogen) atoms. The van der Waals surface area contributed by atoms with E-state index in [0.29, 0.717) is 22.0 Å². The molecule has 0 aliphatic carbocycles. The van der Waals surface area contributed by atoms with Gasteiger partial charge in [0.25, 0.3) is 0 Å². The smallest absolute Gasteiger partial charge is 0.162 e. The second-order valence-corrected chi connectivity index (χ2v) is 7.15. The largest absolute Gasteiger partial charge is 0.360 e. The molecule has 2 aromatic carbocycles. The van der Waals surface area contributed by atoms with Crippen molar-refractivity contribution in [2.24, 2.45) is 0 Å². The van der Waals surface area contributed by atoms with Gasteiger partial charge in [-0.2, -0.15) is 0 Å². The Balaban J connectivity index is 1.67. The molecule has 0 radical (unpaired) electrons. The van der Waals surface area contributed by atoms with Gasteiger partial charge in [0.1, 0.15) is 17.7 Å². The Morgan fingerprint density at radius 3 is 2.83 bits per heavy atom. The monoisotopic (exact) mass is 406 g/mol. The lowest BCUT2D eigenvalue weighted by atomic mass is 10.2. The van der Waals surface area contributed by atoms with Crippen LogP contribution >= 0.6 is 11.6 Å². The molecule has 3 aromatic heterocycles. The van der Waals surface area contributed by atoms with Crippen molar-refractivity contribution in [1.82, 2.24) is 24.5 Å². The van der Waals surface area contributed by atoms with E-state index in [1.54, 1.807) is 12.4 Å². The van der Waals surface area contributed by atoms with Gasteiger partial charge in [0.2, 0.25) is 0 Å². The van der Waals surface area contributed by atoms with Crippen LogP contribution in [0, 0.1) is 5.82 Å². The number of nitrogens with one attached hydrogen (secondary N) is 2. The lowest BCUT2D eigenvalue weighted by Crippen LogP contribution is -2.13. The molecule has 5 rings (SSSR count). The minimum Gasteiger partial charge on any atom is -0.360 e. The zero-order chi connectivity index (χ0) is 20.0. The fourth-order valence-electron chi connectivity index (χ4n) is 3.59. The average Bonchev–Trinajstić information content (AvgIpc) is 3.34. The summed E-state index contributed by atoms with van der Waals surface area (Å²) in [5.41, 5.74) is 3.85. The molecule has 1 atom stereocenters. The predicted octanol–water partition coefficient (Wildman–Crippen LogP) is 5.26. The number of hydrogen-bond acceptors (Lipinski definition) is 4. The number of benzene rings is 2. The Labute approximate surface area is 170 Å². The van der Waals surface area contributed by atoms with E-state index >= 15 is 0 Å². The van der Waals surface area contributed by atoms with Crippen LogP contribution in [-0.2, 0) is 0 Å². The maximum atomic E-state index is 14.0. The van der Waals surface area contributed by atoms with Crippen LogP contribution in [-0.4, -0.2) is 24.5 Å². The third-order valence-corrected chi connectivity index (χ3v) is 5.23. The summed E-state index contributed by atoms with van der Waals surface area (Å²) in [7, 11) is 0. The van der Waals surface area contributed by atoms with Gasteiger partial charge in [0, 0.05) is 21.8 Å². The van der Waals surface area contributed by atoms with Crippen LogP contribution in [0.15, 0.2) is 61.2 Å². The summed E-state index contributed by atoms with van der Waals surface area (Å²) in [5.74, 6) is 0.317.